The summed E-state index contributed by atoms with van der Waals surface area (Å²) in [5.74, 6) is 2.11. The van der Waals surface area contributed by atoms with E-state index < -0.39 is 0 Å². The number of tetrazole rings is 1. The summed E-state index contributed by atoms with van der Waals surface area (Å²) in [6, 6.07) is 5.93. The minimum Gasteiger partial charge on any atom is -0.493 e. The first kappa shape index (κ1) is 14.3. The maximum absolute atomic E-state index is 5.33. The van der Waals surface area contributed by atoms with Crippen molar-refractivity contribution in [3.63, 3.8) is 0 Å². The topological polar surface area (TPSA) is 74.1 Å². The molecule has 0 fully saturated rings. The Morgan fingerprint density at radius 3 is 2.55 bits per heavy atom. The summed E-state index contributed by atoms with van der Waals surface area (Å²) in [5.41, 5.74) is 1.08. The third-order valence-electron chi connectivity index (χ3n) is 3.09. The standard InChI is InChI=1S/C13H19N5O2/c1-14-10(8-13-15-17-18(2)16-13)9-5-6-11(19-3)12(7-9)20-4/h5-7,10,14H,8H2,1-4H3. The van der Waals surface area contributed by atoms with E-state index in [4.69, 9.17) is 9.47 Å². The molecule has 108 valence electrons. The van der Waals surface area contributed by atoms with Crippen molar-refractivity contribution in [1.82, 2.24) is 25.5 Å². The van der Waals surface area contributed by atoms with E-state index in [2.05, 4.69) is 20.7 Å². The Labute approximate surface area is 117 Å². The molecule has 2 aromatic rings. The van der Waals surface area contributed by atoms with Crippen LogP contribution in [0.15, 0.2) is 18.2 Å². The smallest absolute Gasteiger partial charge is 0.176 e. The summed E-state index contributed by atoms with van der Waals surface area (Å²) < 4.78 is 10.6. The van der Waals surface area contributed by atoms with Gasteiger partial charge in [-0.05, 0) is 30.0 Å². The third-order valence-corrected chi connectivity index (χ3v) is 3.09. The van der Waals surface area contributed by atoms with Crippen molar-refractivity contribution in [1.29, 1.82) is 0 Å². The molecule has 1 N–H and O–H groups in total. The lowest BCUT2D eigenvalue weighted by molar-refractivity contribution is 0.354. The van der Waals surface area contributed by atoms with Crippen molar-refractivity contribution < 1.29 is 9.47 Å². The molecule has 1 heterocycles. The Morgan fingerprint density at radius 2 is 2.00 bits per heavy atom. The lowest BCUT2D eigenvalue weighted by Crippen LogP contribution is -2.19. The molecular formula is C13H19N5O2. The molecule has 0 spiro atoms. The van der Waals surface area contributed by atoms with E-state index in [0.717, 1.165) is 5.56 Å². The number of aryl methyl sites for hydroxylation is 1. The van der Waals surface area contributed by atoms with Crippen LogP contribution in [0.1, 0.15) is 17.4 Å². The molecule has 0 aliphatic rings. The summed E-state index contributed by atoms with van der Waals surface area (Å²) in [6.45, 7) is 0. The third kappa shape index (κ3) is 3.05. The molecular weight excluding hydrogens is 258 g/mol. The molecule has 7 nitrogen and oxygen atoms in total. The highest BCUT2D eigenvalue weighted by molar-refractivity contribution is 5.43. The second kappa shape index (κ2) is 6.33. The van der Waals surface area contributed by atoms with E-state index in [9.17, 15) is 0 Å². The van der Waals surface area contributed by atoms with Crippen molar-refractivity contribution >= 4 is 0 Å². The summed E-state index contributed by atoms with van der Waals surface area (Å²) in [5, 5.41) is 15.3. The van der Waals surface area contributed by atoms with Crippen LogP contribution < -0.4 is 14.8 Å². The average Bonchev–Trinajstić information content (AvgIpc) is 2.89. The van der Waals surface area contributed by atoms with Gasteiger partial charge in [-0.25, -0.2) is 0 Å². The Balaban J connectivity index is 2.22. The highest BCUT2D eigenvalue weighted by atomic mass is 16.5. The first-order valence-corrected chi connectivity index (χ1v) is 6.30. The number of benzene rings is 1. The lowest BCUT2D eigenvalue weighted by Gasteiger charge is -2.17. The van der Waals surface area contributed by atoms with Crippen LogP contribution in [-0.4, -0.2) is 41.5 Å². The Morgan fingerprint density at radius 1 is 1.25 bits per heavy atom. The molecule has 20 heavy (non-hydrogen) atoms. The predicted molar refractivity (Wildman–Crippen MR) is 73.8 cm³/mol. The largest absolute Gasteiger partial charge is 0.493 e. The maximum atomic E-state index is 5.33. The number of hydrogen-bond acceptors (Lipinski definition) is 6. The molecule has 0 radical (unpaired) electrons. The fourth-order valence-electron chi connectivity index (χ4n) is 2.04. The minimum atomic E-state index is 0.0824. The van der Waals surface area contributed by atoms with E-state index in [1.165, 1.54) is 4.80 Å². The molecule has 0 aliphatic carbocycles. The van der Waals surface area contributed by atoms with Crippen LogP contribution in [0.2, 0.25) is 0 Å². The summed E-state index contributed by atoms with van der Waals surface area (Å²) in [6.07, 6.45) is 0.653. The van der Waals surface area contributed by atoms with Gasteiger partial charge in [-0.3, -0.25) is 0 Å². The van der Waals surface area contributed by atoms with Crippen LogP contribution >= 0.6 is 0 Å². The zero-order chi connectivity index (χ0) is 14.5. The van der Waals surface area contributed by atoms with Crippen molar-refractivity contribution in [3.05, 3.63) is 29.6 Å². The van der Waals surface area contributed by atoms with Crippen LogP contribution in [0.4, 0.5) is 0 Å². The molecule has 1 aromatic heterocycles. The van der Waals surface area contributed by atoms with Gasteiger partial charge in [-0.2, -0.15) is 4.80 Å². The quantitative estimate of drug-likeness (QED) is 0.839. The number of methoxy groups -OCH3 is 2. The van der Waals surface area contributed by atoms with Gasteiger partial charge < -0.3 is 14.8 Å². The minimum absolute atomic E-state index is 0.0824. The number of nitrogens with one attached hydrogen (secondary N) is 1. The van der Waals surface area contributed by atoms with Gasteiger partial charge in [0.05, 0.1) is 21.3 Å². The lowest BCUT2D eigenvalue weighted by atomic mass is 10.0. The highest BCUT2D eigenvalue weighted by Crippen LogP contribution is 2.30. The van der Waals surface area contributed by atoms with Crippen LogP contribution in [0.5, 0.6) is 11.5 Å². The molecule has 0 aliphatic heterocycles. The molecule has 0 saturated carbocycles. The van der Waals surface area contributed by atoms with E-state index >= 15 is 0 Å². The van der Waals surface area contributed by atoms with Gasteiger partial charge in [0.25, 0.3) is 0 Å². The highest BCUT2D eigenvalue weighted by Gasteiger charge is 2.15. The number of nitrogens with zero attached hydrogens (tertiary/aromatic N) is 4. The normalized spacial score (nSPS) is 12.2. The second-order valence-electron chi connectivity index (χ2n) is 4.35. The number of likely N-dealkylation sites (N-methyl/N-ethyl adjacent to an activating group) is 1. The van der Waals surface area contributed by atoms with Crippen molar-refractivity contribution in [3.8, 4) is 11.5 Å². The molecule has 1 atom stereocenters. The van der Waals surface area contributed by atoms with Gasteiger partial charge in [0.1, 0.15) is 0 Å². The van der Waals surface area contributed by atoms with E-state index in [-0.39, 0.29) is 6.04 Å². The molecule has 0 saturated heterocycles. The average molecular weight is 277 g/mol. The summed E-state index contributed by atoms with van der Waals surface area (Å²) in [7, 11) is 6.90. The Kier molecular flexibility index (Phi) is 4.52. The SMILES string of the molecule is CNC(Cc1nnn(C)n1)c1ccc(OC)c(OC)c1. The van der Waals surface area contributed by atoms with Gasteiger partial charge in [-0.15, -0.1) is 10.2 Å². The maximum Gasteiger partial charge on any atom is 0.176 e. The van der Waals surface area contributed by atoms with Crippen molar-refractivity contribution in [2.75, 3.05) is 21.3 Å². The van der Waals surface area contributed by atoms with E-state index in [1.54, 1.807) is 21.3 Å². The second-order valence-corrected chi connectivity index (χ2v) is 4.35. The van der Waals surface area contributed by atoms with E-state index in [0.29, 0.717) is 23.7 Å². The van der Waals surface area contributed by atoms with Crippen molar-refractivity contribution in [2.24, 2.45) is 7.05 Å². The number of hydrogen-bond donors (Lipinski definition) is 1. The Bertz CT molecular complexity index is 570. The van der Waals surface area contributed by atoms with E-state index in [1.807, 2.05) is 25.2 Å². The number of aromatic nitrogens is 4. The van der Waals surface area contributed by atoms with Gasteiger partial charge >= 0.3 is 0 Å². The van der Waals surface area contributed by atoms with Gasteiger partial charge in [0, 0.05) is 12.5 Å². The van der Waals surface area contributed by atoms with Gasteiger partial charge in [0.15, 0.2) is 17.3 Å². The fourth-order valence-corrected chi connectivity index (χ4v) is 2.04. The fraction of sp³-hybridized carbons (Fsp3) is 0.462. The molecule has 2 rings (SSSR count). The molecule has 1 aromatic carbocycles. The monoisotopic (exact) mass is 277 g/mol. The van der Waals surface area contributed by atoms with Crippen LogP contribution in [0, 0.1) is 0 Å². The van der Waals surface area contributed by atoms with Crippen LogP contribution in [0.25, 0.3) is 0 Å². The number of rotatable bonds is 6. The van der Waals surface area contributed by atoms with Crippen molar-refractivity contribution in [2.45, 2.75) is 12.5 Å². The zero-order valence-electron chi connectivity index (χ0n) is 12.1. The molecule has 7 heteroatoms. The van der Waals surface area contributed by atoms with Gasteiger partial charge in [0.2, 0.25) is 0 Å². The van der Waals surface area contributed by atoms with Crippen LogP contribution in [-0.2, 0) is 13.5 Å². The summed E-state index contributed by atoms with van der Waals surface area (Å²) in [4.78, 5) is 1.46. The Hall–Kier alpha value is -2.15. The first-order valence-electron chi connectivity index (χ1n) is 6.30. The molecule has 0 amide bonds. The summed E-state index contributed by atoms with van der Waals surface area (Å²) >= 11 is 0. The molecule has 0 bridgehead atoms. The zero-order valence-corrected chi connectivity index (χ0v) is 12.1. The van der Waals surface area contributed by atoms with Crippen LogP contribution in [0.3, 0.4) is 0 Å². The predicted octanol–water partition coefficient (Wildman–Crippen LogP) is 0.730. The van der Waals surface area contributed by atoms with Gasteiger partial charge in [-0.1, -0.05) is 6.07 Å². The first-order chi connectivity index (χ1) is 9.67. The number of ether oxygens (including phenoxy) is 2. The molecule has 1 unspecified atom stereocenters.